The third-order valence-corrected chi connectivity index (χ3v) is 2.01. The topological polar surface area (TPSA) is 71.5 Å². The van der Waals surface area contributed by atoms with Gasteiger partial charge in [-0.2, -0.15) is 0 Å². The van der Waals surface area contributed by atoms with Crippen LogP contribution in [0.3, 0.4) is 0 Å². The van der Waals surface area contributed by atoms with Gasteiger partial charge in [0.15, 0.2) is 17.6 Å². The zero-order valence-corrected chi connectivity index (χ0v) is 7.65. The van der Waals surface area contributed by atoms with E-state index in [9.17, 15) is 4.79 Å². The number of anilines is 1. The molecule has 74 valence electrons. The van der Waals surface area contributed by atoms with E-state index in [4.69, 9.17) is 9.84 Å². The van der Waals surface area contributed by atoms with Gasteiger partial charge in [0, 0.05) is 5.69 Å². The Balaban J connectivity index is 2.29. The highest BCUT2D eigenvalue weighted by molar-refractivity contribution is 5.78. The number of pyridine rings is 1. The molecule has 5 nitrogen and oxygen atoms in total. The number of fused-ring (bicyclic) bond motifs is 1. The first-order valence-corrected chi connectivity index (χ1v) is 4.26. The summed E-state index contributed by atoms with van der Waals surface area (Å²) in [5.41, 5.74) is 0.825. The van der Waals surface area contributed by atoms with E-state index in [-0.39, 0.29) is 6.61 Å². The standard InChI is InChI=1S/C9H10N2O3/c1-5-2-3-7-8(10-5)11-6(4-14-7)9(12)13/h2-3,6H,4H2,1H3,(H,10,11)(H,12,13). The minimum absolute atomic E-state index is 0.132. The van der Waals surface area contributed by atoms with Gasteiger partial charge >= 0.3 is 5.97 Å². The summed E-state index contributed by atoms with van der Waals surface area (Å²) in [7, 11) is 0. The van der Waals surface area contributed by atoms with Gasteiger partial charge in [0.05, 0.1) is 0 Å². The normalized spacial score (nSPS) is 19.1. The third-order valence-electron chi connectivity index (χ3n) is 2.01. The average Bonchev–Trinajstić information content (AvgIpc) is 2.16. The van der Waals surface area contributed by atoms with Gasteiger partial charge in [0.2, 0.25) is 0 Å². The zero-order chi connectivity index (χ0) is 10.1. The van der Waals surface area contributed by atoms with Crippen molar-refractivity contribution in [3.8, 4) is 5.75 Å². The molecule has 0 radical (unpaired) electrons. The molecule has 1 aliphatic heterocycles. The van der Waals surface area contributed by atoms with Crippen molar-refractivity contribution in [1.82, 2.24) is 4.98 Å². The van der Waals surface area contributed by atoms with E-state index in [1.54, 1.807) is 6.07 Å². The number of carbonyl (C=O) groups is 1. The second kappa shape index (κ2) is 3.17. The quantitative estimate of drug-likeness (QED) is 0.686. The van der Waals surface area contributed by atoms with Gasteiger partial charge < -0.3 is 15.2 Å². The molecule has 2 rings (SSSR count). The van der Waals surface area contributed by atoms with Crippen LogP contribution < -0.4 is 10.1 Å². The first kappa shape index (κ1) is 8.80. The summed E-state index contributed by atoms with van der Waals surface area (Å²) in [6.45, 7) is 1.97. The van der Waals surface area contributed by atoms with Crippen molar-refractivity contribution in [2.45, 2.75) is 13.0 Å². The minimum Gasteiger partial charge on any atom is -0.487 e. The number of aromatic nitrogens is 1. The summed E-state index contributed by atoms with van der Waals surface area (Å²) in [5.74, 6) is 0.177. The summed E-state index contributed by atoms with van der Waals surface area (Å²) >= 11 is 0. The number of ether oxygens (including phenoxy) is 1. The van der Waals surface area contributed by atoms with Crippen LogP contribution in [0.25, 0.3) is 0 Å². The van der Waals surface area contributed by atoms with Crippen LogP contribution >= 0.6 is 0 Å². The van der Waals surface area contributed by atoms with Gasteiger partial charge in [-0.05, 0) is 19.1 Å². The van der Waals surface area contributed by atoms with E-state index >= 15 is 0 Å². The van der Waals surface area contributed by atoms with Crippen molar-refractivity contribution in [3.63, 3.8) is 0 Å². The Morgan fingerprint density at radius 2 is 2.50 bits per heavy atom. The Hall–Kier alpha value is -1.78. The molecule has 0 amide bonds. The second-order valence-electron chi connectivity index (χ2n) is 3.15. The van der Waals surface area contributed by atoms with E-state index in [1.165, 1.54) is 0 Å². The molecule has 1 aromatic rings. The van der Waals surface area contributed by atoms with Crippen LogP contribution in [-0.4, -0.2) is 28.7 Å². The molecule has 0 aromatic carbocycles. The Morgan fingerprint density at radius 3 is 3.21 bits per heavy atom. The smallest absolute Gasteiger partial charge is 0.329 e. The van der Waals surface area contributed by atoms with E-state index < -0.39 is 12.0 Å². The summed E-state index contributed by atoms with van der Waals surface area (Å²) in [4.78, 5) is 14.8. The molecule has 5 heteroatoms. The lowest BCUT2D eigenvalue weighted by Crippen LogP contribution is -2.38. The number of rotatable bonds is 1. The second-order valence-corrected chi connectivity index (χ2v) is 3.15. The van der Waals surface area contributed by atoms with Crippen molar-refractivity contribution in [3.05, 3.63) is 17.8 Å². The number of hydrogen-bond acceptors (Lipinski definition) is 4. The first-order chi connectivity index (χ1) is 6.66. The number of aryl methyl sites for hydroxylation is 1. The lowest BCUT2D eigenvalue weighted by Gasteiger charge is -2.23. The fourth-order valence-electron chi connectivity index (χ4n) is 1.28. The fraction of sp³-hybridized carbons (Fsp3) is 0.333. The van der Waals surface area contributed by atoms with Crippen molar-refractivity contribution in [2.24, 2.45) is 0 Å². The molecule has 14 heavy (non-hydrogen) atoms. The van der Waals surface area contributed by atoms with Gasteiger partial charge in [-0.25, -0.2) is 9.78 Å². The predicted molar refractivity (Wildman–Crippen MR) is 49.5 cm³/mol. The number of aliphatic carboxylic acids is 1. The SMILES string of the molecule is Cc1ccc2c(n1)NC(C(=O)O)CO2. The Bertz CT molecular complexity index is 378. The van der Waals surface area contributed by atoms with Crippen molar-refractivity contribution >= 4 is 11.8 Å². The highest BCUT2D eigenvalue weighted by Gasteiger charge is 2.25. The van der Waals surface area contributed by atoms with Crippen molar-refractivity contribution in [2.75, 3.05) is 11.9 Å². The van der Waals surface area contributed by atoms with Gasteiger partial charge in [0.1, 0.15) is 6.61 Å². The number of carboxylic acids is 1. The number of nitrogens with one attached hydrogen (secondary N) is 1. The van der Waals surface area contributed by atoms with E-state index in [0.717, 1.165) is 5.69 Å². The Labute approximate surface area is 80.7 Å². The molecule has 2 N–H and O–H groups in total. The minimum atomic E-state index is -0.932. The predicted octanol–water partition coefficient (Wildman–Crippen LogP) is 0.648. The van der Waals surface area contributed by atoms with Gasteiger partial charge in [-0.15, -0.1) is 0 Å². The van der Waals surface area contributed by atoms with Crippen LogP contribution in [0.2, 0.25) is 0 Å². The molecule has 1 atom stereocenters. The van der Waals surface area contributed by atoms with Crippen LogP contribution in [0.15, 0.2) is 12.1 Å². The van der Waals surface area contributed by atoms with Crippen molar-refractivity contribution in [1.29, 1.82) is 0 Å². The van der Waals surface area contributed by atoms with Crippen LogP contribution in [-0.2, 0) is 4.79 Å². The maximum Gasteiger partial charge on any atom is 0.329 e. The van der Waals surface area contributed by atoms with E-state index in [0.29, 0.717) is 11.6 Å². The summed E-state index contributed by atoms with van der Waals surface area (Å²) < 4.78 is 5.25. The van der Waals surface area contributed by atoms with Gasteiger partial charge in [0.25, 0.3) is 0 Å². The van der Waals surface area contributed by atoms with Gasteiger partial charge in [-0.3, -0.25) is 0 Å². The summed E-state index contributed by atoms with van der Waals surface area (Å²) in [6.07, 6.45) is 0. The highest BCUT2D eigenvalue weighted by atomic mass is 16.5. The molecule has 1 aromatic heterocycles. The maximum absolute atomic E-state index is 10.7. The molecular weight excluding hydrogens is 184 g/mol. The Morgan fingerprint density at radius 1 is 1.71 bits per heavy atom. The van der Waals surface area contributed by atoms with Crippen LogP contribution in [0.1, 0.15) is 5.69 Å². The van der Waals surface area contributed by atoms with Crippen molar-refractivity contribution < 1.29 is 14.6 Å². The lowest BCUT2D eigenvalue weighted by atomic mass is 10.2. The van der Waals surface area contributed by atoms with Crippen LogP contribution in [0.4, 0.5) is 5.82 Å². The van der Waals surface area contributed by atoms with E-state index in [2.05, 4.69) is 10.3 Å². The number of nitrogens with zero attached hydrogens (tertiary/aromatic N) is 1. The highest BCUT2D eigenvalue weighted by Crippen LogP contribution is 2.26. The molecule has 0 spiro atoms. The fourth-order valence-corrected chi connectivity index (χ4v) is 1.28. The van der Waals surface area contributed by atoms with E-state index in [1.807, 2.05) is 13.0 Å². The first-order valence-electron chi connectivity index (χ1n) is 4.26. The monoisotopic (exact) mass is 194 g/mol. The zero-order valence-electron chi connectivity index (χ0n) is 7.65. The molecule has 0 fully saturated rings. The number of carboxylic acid groups (broad SMARTS) is 1. The largest absolute Gasteiger partial charge is 0.487 e. The summed E-state index contributed by atoms with van der Waals surface area (Å²) in [5, 5.41) is 11.6. The van der Waals surface area contributed by atoms with Gasteiger partial charge in [-0.1, -0.05) is 0 Å². The molecular formula is C9H10N2O3. The average molecular weight is 194 g/mol. The Kier molecular flexibility index (Phi) is 1.99. The molecule has 0 saturated heterocycles. The summed E-state index contributed by atoms with van der Waals surface area (Å²) in [6, 6.07) is 2.89. The lowest BCUT2D eigenvalue weighted by molar-refractivity contribution is -0.138. The molecule has 1 unspecified atom stereocenters. The molecule has 1 aliphatic rings. The maximum atomic E-state index is 10.7. The molecule has 0 bridgehead atoms. The number of hydrogen-bond donors (Lipinski definition) is 2. The molecule has 0 saturated carbocycles. The third kappa shape index (κ3) is 1.48. The molecule has 0 aliphatic carbocycles. The van der Waals surface area contributed by atoms with Crippen LogP contribution in [0, 0.1) is 6.92 Å². The molecule has 2 heterocycles. The van der Waals surface area contributed by atoms with Crippen LogP contribution in [0.5, 0.6) is 5.75 Å².